The normalized spacial score (nSPS) is 26.5. The van der Waals surface area contributed by atoms with E-state index in [4.69, 9.17) is 9.47 Å². The van der Waals surface area contributed by atoms with Crippen LogP contribution in [-0.2, 0) is 23.8 Å². The molecule has 1 fully saturated rings. The van der Waals surface area contributed by atoms with Crippen molar-refractivity contribution < 1.29 is 40.0 Å². The molecule has 0 radical (unpaired) electrons. The lowest BCUT2D eigenvalue weighted by Crippen LogP contribution is -2.45. The molecule has 0 N–H and O–H groups in total. The Labute approximate surface area is 185 Å². The van der Waals surface area contributed by atoms with Crippen molar-refractivity contribution in [3.63, 3.8) is 0 Å². The van der Waals surface area contributed by atoms with Gasteiger partial charge < -0.3 is 13.7 Å². The second kappa shape index (κ2) is 9.70. The minimum absolute atomic E-state index is 0.161. The fourth-order valence-corrected chi connectivity index (χ4v) is 4.70. The number of ether oxygens (including phenoxy) is 2. The monoisotopic (exact) mass is 477 g/mol. The van der Waals surface area contributed by atoms with Gasteiger partial charge in [-0.05, 0) is 50.2 Å². The van der Waals surface area contributed by atoms with Gasteiger partial charge >= 0.3 is 21.7 Å². The molecule has 0 saturated heterocycles. The summed E-state index contributed by atoms with van der Waals surface area (Å²) in [7, 11) is -4.75. The van der Waals surface area contributed by atoms with Crippen LogP contribution in [0.1, 0.15) is 44.1 Å². The molecule has 0 aromatic heterocycles. The number of carbonyl (C=O) groups excluding carboxylic acids is 1. The molecule has 1 aromatic rings. The second-order valence-corrected chi connectivity index (χ2v) is 9.44. The molecular formula is C21H26F3NO6S. The van der Waals surface area contributed by atoms with Crippen LogP contribution in [0.15, 0.2) is 42.2 Å². The average Bonchev–Trinajstić information content (AvgIpc) is 3.06. The van der Waals surface area contributed by atoms with Gasteiger partial charge in [-0.1, -0.05) is 30.3 Å². The zero-order chi connectivity index (χ0) is 23.5. The molecule has 1 heterocycles. The standard InChI is InChI=1S/C21H26F3NO6S/c1-14-12-19(31-32(27,28)21(22,23)24)18(25(14)20(26)29-2)13-30-17-10-8-16(9-11-17)15-6-4-3-5-7-15/h3-7,12,14,16-18H,8-11,13H2,1-2H3/t14?,16?,17?,18-/m0/s1. The first-order valence-corrected chi connectivity index (χ1v) is 11.7. The molecule has 1 unspecified atom stereocenters. The Kier molecular flexibility index (Phi) is 7.39. The third-order valence-electron chi connectivity index (χ3n) is 5.82. The smallest absolute Gasteiger partial charge is 0.453 e. The van der Waals surface area contributed by atoms with E-state index in [-0.39, 0.29) is 12.7 Å². The molecule has 0 bridgehead atoms. The van der Waals surface area contributed by atoms with Gasteiger partial charge in [0.15, 0.2) is 0 Å². The highest BCUT2D eigenvalue weighted by Crippen LogP contribution is 2.36. The maximum Gasteiger partial charge on any atom is 0.534 e. The summed E-state index contributed by atoms with van der Waals surface area (Å²) in [5, 5.41) is 0. The Balaban J connectivity index is 1.66. The molecule has 1 saturated carbocycles. The number of hydrogen-bond donors (Lipinski definition) is 0. The third kappa shape index (κ3) is 5.37. The van der Waals surface area contributed by atoms with Gasteiger partial charge in [-0.2, -0.15) is 21.6 Å². The Bertz CT molecular complexity index is 927. The number of alkyl halides is 3. The van der Waals surface area contributed by atoms with Crippen molar-refractivity contribution in [3.05, 3.63) is 47.7 Å². The molecule has 11 heteroatoms. The van der Waals surface area contributed by atoms with E-state index in [1.807, 2.05) is 18.2 Å². The van der Waals surface area contributed by atoms with Crippen molar-refractivity contribution in [1.29, 1.82) is 0 Å². The maximum atomic E-state index is 12.8. The summed E-state index contributed by atoms with van der Waals surface area (Å²) in [4.78, 5) is 13.3. The predicted octanol–water partition coefficient (Wildman–Crippen LogP) is 4.32. The van der Waals surface area contributed by atoms with Crippen LogP contribution in [0, 0.1) is 0 Å². The van der Waals surface area contributed by atoms with Gasteiger partial charge in [-0.3, -0.25) is 4.90 Å². The SMILES string of the molecule is COC(=O)N1C(C)C=C(OS(=O)(=O)C(F)(F)F)[C@@H]1COC1CCC(c2ccccc2)CC1. The molecule has 7 nitrogen and oxygen atoms in total. The number of nitrogens with zero attached hydrogens (tertiary/aromatic N) is 1. The molecule has 1 aliphatic carbocycles. The van der Waals surface area contributed by atoms with Crippen LogP contribution in [0.5, 0.6) is 0 Å². The van der Waals surface area contributed by atoms with Gasteiger partial charge in [0.05, 0.1) is 25.9 Å². The number of hydrogen-bond acceptors (Lipinski definition) is 6. The molecule has 178 valence electrons. The molecule has 32 heavy (non-hydrogen) atoms. The van der Waals surface area contributed by atoms with Gasteiger partial charge in [0.1, 0.15) is 11.8 Å². The summed E-state index contributed by atoms with van der Waals surface area (Å²) in [6, 6.07) is 8.21. The number of rotatable bonds is 6. The Hall–Kier alpha value is -2.27. The summed E-state index contributed by atoms with van der Waals surface area (Å²) in [5.74, 6) is -0.0944. The fourth-order valence-electron chi connectivity index (χ4n) is 4.18. The van der Waals surface area contributed by atoms with Crippen molar-refractivity contribution in [1.82, 2.24) is 4.90 Å². The van der Waals surface area contributed by atoms with Crippen LogP contribution in [0.2, 0.25) is 0 Å². The average molecular weight is 478 g/mol. The minimum Gasteiger partial charge on any atom is -0.453 e. The molecule has 1 amide bonds. The third-order valence-corrected chi connectivity index (χ3v) is 6.80. The van der Waals surface area contributed by atoms with Crippen LogP contribution in [0.25, 0.3) is 0 Å². The van der Waals surface area contributed by atoms with Crippen molar-refractivity contribution >= 4 is 16.2 Å². The van der Waals surface area contributed by atoms with Crippen LogP contribution in [-0.4, -0.2) is 56.8 Å². The molecule has 2 aliphatic rings. The quantitative estimate of drug-likeness (QED) is 0.448. The van der Waals surface area contributed by atoms with E-state index in [9.17, 15) is 26.4 Å². The van der Waals surface area contributed by atoms with Gasteiger partial charge in [-0.25, -0.2) is 4.79 Å². The summed E-state index contributed by atoms with van der Waals surface area (Å²) in [5.41, 5.74) is -4.33. The molecule has 3 rings (SSSR count). The fraction of sp³-hybridized carbons (Fsp3) is 0.571. The first-order valence-electron chi connectivity index (χ1n) is 10.3. The van der Waals surface area contributed by atoms with Crippen LogP contribution >= 0.6 is 0 Å². The Morgan fingerprint density at radius 2 is 1.75 bits per heavy atom. The summed E-state index contributed by atoms with van der Waals surface area (Å²) < 4.78 is 76.4. The van der Waals surface area contributed by atoms with Gasteiger partial charge in [-0.15, -0.1) is 0 Å². The van der Waals surface area contributed by atoms with Crippen molar-refractivity contribution in [2.45, 2.75) is 62.2 Å². The number of methoxy groups -OCH3 is 1. The summed E-state index contributed by atoms with van der Waals surface area (Å²) in [6.45, 7) is 1.31. The zero-order valence-corrected chi connectivity index (χ0v) is 18.6. The number of amides is 1. The maximum absolute atomic E-state index is 12.8. The number of halogens is 3. The van der Waals surface area contributed by atoms with Gasteiger partial charge in [0, 0.05) is 0 Å². The first kappa shape index (κ1) is 24.4. The lowest BCUT2D eigenvalue weighted by atomic mass is 9.83. The lowest BCUT2D eigenvalue weighted by Gasteiger charge is -2.32. The van der Waals surface area contributed by atoms with E-state index in [0.717, 1.165) is 43.8 Å². The van der Waals surface area contributed by atoms with Gasteiger partial charge in [0.2, 0.25) is 0 Å². The number of benzene rings is 1. The van der Waals surface area contributed by atoms with E-state index in [2.05, 4.69) is 16.3 Å². The van der Waals surface area contributed by atoms with Crippen LogP contribution in [0.4, 0.5) is 18.0 Å². The second-order valence-electron chi connectivity index (χ2n) is 7.90. The Morgan fingerprint density at radius 3 is 2.31 bits per heavy atom. The van der Waals surface area contributed by atoms with Crippen molar-refractivity contribution in [3.8, 4) is 0 Å². The highest BCUT2D eigenvalue weighted by Gasteiger charge is 2.51. The minimum atomic E-state index is -5.88. The first-order chi connectivity index (χ1) is 15.0. The highest BCUT2D eigenvalue weighted by atomic mass is 32.2. The largest absolute Gasteiger partial charge is 0.534 e. The van der Waals surface area contributed by atoms with Crippen LogP contribution < -0.4 is 0 Å². The van der Waals surface area contributed by atoms with E-state index in [1.54, 1.807) is 0 Å². The number of carbonyl (C=O) groups is 1. The van der Waals surface area contributed by atoms with Crippen LogP contribution in [0.3, 0.4) is 0 Å². The molecule has 1 aromatic carbocycles. The molecule has 0 spiro atoms. The van der Waals surface area contributed by atoms with E-state index in [1.165, 1.54) is 12.5 Å². The molecule has 1 aliphatic heterocycles. The van der Waals surface area contributed by atoms with Crippen molar-refractivity contribution in [2.24, 2.45) is 0 Å². The Morgan fingerprint density at radius 1 is 1.12 bits per heavy atom. The molecule has 2 atom stereocenters. The van der Waals surface area contributed by atoms with Crippen molar-refractivity contribution in [2.75, 3.05) is 13.7 Å². The molecular weight excluding hydrogens is 451 g/mol. The summed E-state index contributed by atoms with van der Waals surface area (Å²) >= 11 is 0. The van der Waals surface area contributed by atoms with Gasteiger partial charge in [0.25, 0.3) is 0 Å². The van der Waals surface area contributed by atoms with E-state index < -0.39 is 39.6 Å². The summed E-state index contributed by atoms with van der Waals surface area (Å²) in [6.07, 6.45) is 3.42. The van der Waals surface area contributed by atoms with E-state index >= 15 is 0 Å². The topological polar surface area (TPSA) is 82.1 Å². The zero-order valence-electron chi connectivity index (χ0n) is 17.7. The van der Waals surface area contributed by atoms with E-state index in [0.29, 0.717) is 5.92 Å². The highest BCUT2D eigenvalue weighted by molar-refractivity contribution is 7.87. The predicted molar refractivity (Wildman–Crippen MR) is 109 cm³/mol. The lowest BCUT2D eigenvalue weighted by molar-refractivity contribution is -0.0536.